The van der Waals surface area contributed by atoms with Crippen molar-refractivity contribution in [2.45, 2.75) is 45.1 Å². The Labute approximate surface area is 117 Å². The second-order valence-electron chi connectivity index (χ2n) is 4.89. The quantitative estimate of drug-likeness (QED) is 0.778. The average Bonchev–Trinajstić information content (AvgIpc) is 2.34. The molecule has 17 heavy (non-hydrogen) atoms. The van der Waals surface area contributed by atoms with E-state index in [0.717, 1.165) is 21.1 Å². The second kappa shape index (κ2) is 6.10. The van der Waals surface area contributed by atoms with Gasteiger partial charge in [-0.05, 0) is 65.7 Å². The lowest BCUT2D eigenvalue weighted by atomic mass is 9.84. The van der Waals surface area contributed by atoms with E-state index < -0.39 is 0 Å². The zero-order valence-electron chi connectivity index (χ0n) is 10.2. The van der Waals surface area contributed by atoms with Crippen molar-refractivity contribution in [2.24, 2.45) is 5.92 Å². The minimum atomic E-state index is 0.621. The molecule has 1 fully saturated rings. The summed E-state index contributed by atoms with van der Waals surface area (Å²) in [6.45, 7) is 2.30. The fraction of sp³-hybridized carbons (Fsp3) is 0.571. The molecule has 0 heterocycles. The maximum absolute atomic E-state index is 5.94. The van der Waals surface area contributed by atoms with Gasteiger partial charge in [0.1, 0.15) is 0 Å². The van der Waals surface area contributed by atoms with Crippen LogP contribution in [-0.2, 0) is 0 Å². The van der Waals surface area contributed by atoms with Crippen molar-refractivity contribution >= 4 is 33.2 Å². The summed E-state index contributed by atoms with van der Waals surface area (Å²) in [7, 11) is 0. The van der Waals surface area contributed by atoms with Crippen molar-refractivity contribution in [3.05, 3.63) is 27.7 Å². The average molecular weight is 317 g/mol. The van der Waals surface area contributed by atoms with Crippen LogP contribution in [0.1, 0.15) is 39.0 Å². The van der Waals surface area contributed by atoms with Crippen LogP contribution >= 0.6 is 27.5 Å². The number of nitrogens with one attached hydrogen (secondary N) is 1. The molecule has 1 N–H and O–H groups in total. The van der Waals surface area contributed by atoms with Gasteiger partial charge < -0.3 is 5.32 Å². The van der Waals surface area contributed by atoms with E-state index in [1.165, 1.54) is 32.1 Å². The third kappa shape index (κ3) is 3.62. The Hall–Kier alpha value is -0.210. The molecule has 0 radical (unpaired) electrons. The van der Waals surface area contributed by atoms with Gasteiger partial charge in [-0.1, -0.05) is 24.9 Å². The number of hydrogen-bond donors (Lipinski definition) is 1. The van der Waals surface area contributed by atoms with Crippen molar-refractivity contribution in [3.63, 3.8) is 0 Å². The Morgan fingerprint density at radius 2 is 2.00 bits per heavy atom. The predicted molar refractivity (Wildman–Crippen MR) is 78.8 cm³/mol. The molecular formula is C14H19BrClN. The van der Waals surface area contributed by atoms with Crippen LogP contribution in [0.4, 0.5) is 5.69 Å². The standard InChI is InChI=1S/C14H19BrClN/c1-2-10-3-6-12(7-4-10)17-14-8-5-11(16)9-13(14)15/h5,8-10,12,17H,2-4,6-7H2,1H3. The molecule has 94 valence electrons. The van der Waals surface area contributed by atoms with Crippen molar-refractivity contribution in [2.75, 3.05) is 5.32 Å². The summed E-state index contributed by atoms with van der Waals surface area (Å²) in [5.74, 6) is 0.946. The Morgan fingerprint density at radius 1 is 1.29 bits per heavy atom. The Morgan fingerprint density at radius 3 is 2.59 bits per heavy atom. The van der Waals surface area contributed by atoms with E-state index in [9.17, 15) is 0 Å². The first kappa shape index (κ1) is 13.2. The lowest BCUT2D eigenvalue weighted by Crippen LogP contribution is -2.26. The molecule has 0 atom stereocenters. The van der Waals surface area contributed by atoms with Gasteiger partial charge in [-0.2, -0.15) is 0 Å². The van der Waals surface area contributed by atoms with Gasteiger partial charge in [-0.25, -0.2) is 0 Å². The molecule has 2 rings (SSSR count). The first-order valence-electron chi connectivity index (χ1n) is 6.40. The molecule has 0 spiro atoms. The van der Waals surface area contributed by atoms with Gasteiger partial charge in [0, 0.05) is 21.2 Å². The number of halogens is 2. The van der Waals surface area contributed by atoms with E-state index in [1.807, 2.05) is 12.1 Å². The van der Waals surface area contributed by atoms with Crippen LogP contribution in [0.3, 0.4) is 0 Å². The van der Waals surface area contributed by atoms with Gasteiger partial charge in [-0.15, -0.1) is 0 Å². The highest BCUT2D eigenvalue weighted by atomic mass is 79.9. The second-order valence-corrected chi connectivity index (χ2v) is 6.19. The Balaban J connectivity index is 1.93. The third-order valence-corrected chi connectivity index (χ3v) is 4.61. The highest BCUT2D eigenvalue weighted by Crippen LogP contribution is 2.31. The minimum absolute atomic E-state index is 0.621. The first-order valence-corrected chi connectivity index (χ1v) is 7.57. The number of rotatable bonds is 3. The number of benzene rings is 1. The molecule has 1 aromatic rings. The molecule has 1 aliphatic rings. The van der Waals surface area contributed by atoms with Crippen molar-refractivity contribution in [1.82, 2.24) is 0 Å². The SMILES string of the molecule is CCC1CCC(Nc2ccc(Cl)cc2Br)CC1. The Kier molecular flexibility index (Phi) is 4.75. The normalized spacial score (nSPS) is 24.6. The van der Waals surface area contributed by atoms with Crippen LogP contribution < -0.4 is 5.32 Å². The molecule has 0 amide bonds. The molecule has 0 unspecified atom stereocenters. The molecule has 0 aromatic heterocycles. The zero-order chi connectivity index (χ0) is 12.3. The van der Waals surface area contributed by atoms with Gasteiger partial charge >= 0.3 is 0 Å². The minimum Gasteiger partial charge on any atom is -0.381 e. The van der Waals surface area contributed by atoms with E-state index in [0.29, 0.717) is 6.04 Å². The van der Waals surface area contributed by atoms with E-state index in [1.54, 1.807) is 0 Å². The molecule has 0 saturated heterocycles. The van der Waals surface area contributed by atoms with Gasteiger partial charge in [0.05, 0.1) is 0 Å². The maximum atomic E-state index is 5.94. The summed E-state index contributed by atoms with van der Waals surface area (Å²) < 4.78 is 1.06. The van der Waals surface area contributed by atoms with Gasteiger partial charge in [-0.3, -0.25) is 0 Å². The summed E-state index contributed by atoms with van der Waals surface area (Å²) in [6, 6.07) is 6.56. The zero-order valence-corrected chi connectivity index (χ0v) is 12.5. The van der Waals surface area contributed by atoms with Crippen LogP contribution in [0.2, 0.25) is 5.02 Å². The van der Waals surface area contributed by atoms with Crippen LogP contribution in [0.15, 0.2) is 22.7 Å². The van der Waals surface area contributed by atoms with Crippen molar-refractivity contribution < 1.29 is 0 Å². The van der Waals surface area contributed by atoms with Crippen LogP contribution in [0, 0.1) is 5.92 Å². The molecule has 1 aliphatic carbocycles. The smallest absolute Gasteiger partial charge is 0.0487 e. The first-order chi connectivity index (χ1) is 8.19. The van der Waals surface area contributed by atoms with E-state index in [2.05, 4.69) is 34.2 Å². The highest BCUT2D eigenvalue weighted by molar-refractivity contribution is 9.10. The molecule has 1 aromatic carbocycles. The molecule has 0 bridgehead atoms. The van der Waals surface area contributed by atoms with Gasteiger partial charge in [0.25, 0.3) is 0 Å². The lowest BCUT2D eigenvalue weighted by Gasteiger charge is -2.29. The molecule has 1 nitrogen and oxygen atoms in total. The molecule has 3 heteroatoms. The fourth-order valence-corrected chi connectivity index (χ4v) is 3.34. The van der Waals surface area contributed by atoms with Crippen molar-refractivity contribution in [3.8, 4) is 0 Å². The molecule has 0 aliphatic heterocycles. The van der Waals surface area contributed by atoms with E-state index in [4.69, 9.17) is 11.6 Å². The number of anilines is 1. The summed E-state index contributed by atoms with van der Waals surface area (Å²) in [6.07, 6.45) is 6.62. The summed E-state index contributed by atoms with van der Waals surface area (Å²) in [5, 5.41) is 4.39. The summed E-state index contributed by atoms with van der Waals surface area (Å²) in [5.41, 5.74) is 1.16. The topological polar surface area (TPSA) is 12.0 Å². The van der Waals surface area contributed by atoms with Gasteiger partial charge in [0.15, 0.2) is 0 Å². The molecule has 1 saturated carbocycles. The predicted octanol–water partition coefficient (Wildman–Crippen LogP) is 5.48. The van der Waals surface area contributed by atoms with E-state index >= 15 is 0 Å². The monoisotopic (exact) mass is 315 g/mol. The van der Waals surface area contributed by atoms with Crippen LogP contribution in [0.5, 0.6) is 0 Å². The van der Waals surface area contributed by atoms with Crippen LogP contribution in [0.25, 0.3) is 0 Å². The largest absolute Gasteiger partial charge is 0.381 e. The summed E-state index contributed by atoms with van der Waals surface area (Å²) >= 11 is 9.49. The van der Waals surface area contributed by atoms with Gasteiger partial charge in [0.2, 0.25) is 0 Å². The lowest BCUT2D eigenvalue weighted by molar-refractivity contribution is 0.330. The Bertz CT molecular complexity index is 372. The summed E-state index contributed by atoms with van der Waals surface area (Å²) in [4.78, 5) is 0. The molecular weight excluding hydrogens is 298 g/mol. The maximum Gasteiger partial charge on any atom is 0.0487 e. The third-order valence-electron chi connectivity index (χ3n) is 3.71. The highest BCUT2D eigenvalue weighted by Gasteiger charge is 2.20. The van der Waals surface area contributed by atoms with E-state index in [-0.39, 0.29) is 0 Å². The van der Waals surface area contributed by atoms with Crippen molar-refractivity contribution in [1.29, 1.82) is 0 Å². The fourth-order valence-electron chi connectivity index (χ4n) is 2.54. The number of hydrogen-bond acceptors (Lipinski definition) is 1. The van der Waals surface area contributed by atoms with Crippen LogP contribution in [-0.4, -0.2) is 6.04 Å².